The van der Waals surface area contributed by atoms with E-state index in [1.807, 2.05) is 98.8 Å². The first kappa shape index (κ1) is 35.9. The van der Waals surface area contributed by atoms with Crippen LogP contribution >= 0.6 is 11.3 Å². The highest BCUT2D eigenvalue weighted by Gasteiger charge is 2.38. The summed E-state index contributed by atoms with van der Waals surface area (Å²) in [7, 11) is 0. The van der Waals surface area contributed by atoms with Gasteiger partial charge >= 0.3 is 0 Å². The van der Waals surface area contributed by atoms with Crippen molar-refractivity contribution in [1.29, 1.82) is 0 Å². The molecule has 0 saturated carbocycles. The van der Waals surface area contributed by atoms with Crippen molar-refractivity contribution in [2.75, 3.05) is 0 Å². The molecule has 2 N–H and O–H groups in total. The maximum Gasteiger partial charge on any atom is 0.197 e. The van der Waals surface area contributed by atoms with Crippen molar-refractivity contribution < 1.29 is 9.59 Å². The highest BCUT2D eigenvalue weighted by Crippen LogP contribution is 2.53. The Kier molecular flexibility index (Phi) is 11.4. The predicted molar refractivity (Wildman–Crippen MR) is 214 cm³/mol. The molecule has 0 bridgehead atoms. The lowest BCUT2D eigenvalue weighted by molar-refractivity contribution is 0.0990. The van der Waals surface area contributed by atoms with Gasteiger partial charge in [0, 0.05) is 26.3 Å². The van der Waals surface area contributed by atoms with E-state index in [1.165, 1.54) is 21.6 Å². The number of carbonyl (C=O) groups excluding carboxylic acids is 2. The van der Waals surface area contributed by atoms with E-state index in [9.17, 15) is 9.59 Å². The van der Waals surface area contributed by atoms with Crippen LogP contribution in [0.15, 0.2) is 133 Å². The van der Waals surface area contributed by atoms with Gasteiger partial charge in [-0.25, -0.2) is 0 Å². The van der Waals surface area contributed by atoms with E-state index in [0.717, 1.165) is 45.3 Å². The number of nitrogens with zero attached hydrogens (tertiary/aromatic N) is 1. The second-order valence-corrected chi connectivity index (χ2v) is 13.5. The highest BCUT2D eigenvalue weighted by atomic mass is 32.1. The quantitative estimate of drug-likeness (QED) is 0.0466. The average molecular weight is 677 g/mol. The smallest absolute Gasteiger partial charge is 0.197 e. The zero-order valence-electron chi connectivity index (χ0n) is 29.5. The molecule has 0 radical (unpaired) electrons. The van der Waals surface area contributed by atoms with Gasteiger partial charge in [0.15, 0.2) is 11.6 Å². The van der Waals surface area contributed by atoms with Crippen LogP contribution in [0.4, 0.5) is 0 Å². The number of hydrazone groups is 1. The van der Waals surface area contributed by atoms with Gasteiger partial charge in [0.05, 0.1) is 11.3 Å². The summed E-state index contributed by atoms with van der Waals surface area (Å²) in [6.45, 7) is 14.3. The van der Waals surface area contributed by atoms with E-state index in [-0.39, 0.29) is 22.6 Å². The Morgan fingerprint density at radius 2 is 1.44 bits per heavy atom. The zero-order chi connectivity index (χ0) is 35.8. The molecule has 0 unspecified atom stereocenters. The number of rotatable bonds is 7. The molecule has 0 spiro atoms. The second kappa shape index (κ2) is 15.9. The molecular weight excluding hydrogens is 633 g/mol. The van der Waals surface area contributed by atoms with Gasteiger partial charge in [0.2, 0.25) is 0 Å². The van der Waals surface area contributed by atoms with Crippen molar-refractivity contribution in [2.45, 2.75) is 52.9 Å². The van der Waals surface area contributed by atoms with Crippen LogP contribution in [0, 0.1) is 0 Å². The monoisotopic (exact) mass is 676 g/mol. The SMILES string of the molecule is C=C/C=C\C=C/c1ccc2c(c1)C(C)(C)c1cc(C=C3C(=O)c4cc5ccccc5cc4C3=O)sc1-2.CC.CCC/C(=N\N)c1ccccc1. The van der Waals surface area contributed by atoms with Gasteiger partial charge in [0.25, 0.3) is 0 Å². The first-order chi connectivity index (χ1) is 24.3. The number of thiophene rings is 1. The van der Waals surface area contributed by atoms with Crippen LogP contribution in [0.1, 0.15) is 95.3 Å². The third kappa shape index (κ3) is 7.15. The Labute approximate surface area is 300 Å². The van der Waals surface area contributed by atoms with E-state index in [1.54, 1.807) is 23.5 Å². The molecule has 0 saturated heterocycles. The lowest BCUT2D eigenvalue weighted by atomic mass is 9.82. The lowest BCUT2D eigenvalue weighted by Crippen LogP contribution is -2.14. The number of nitrogens with two attached hydrogens (primary N) is 1. The molecule has 1 heterocycles. The van der Waals surface area contributed by atoms with Gasteiger partial charge < -0.3 is 5.84 Å². The standard InChI is InChI=1S/C33H24O2S.C10H14N2.C2H6/c1-4-5-6-7-10-20-13-14-24-28(15-20)33(2,3)29-19-23(36-32(24)29)18-27-30(34)25-16-21-11-8-9-12-22(21)17-26(25)31(27)35;1-2-6-10(12-11)9-7-4-3-5-8-9;1-2/h4-19H,1H2,2-3H3;3-5,7-8H,2,6,11H2,1H3;1-2H3/b6-5-,10-7-;12-10+;. The Balaban J connectivity index is 0.000000294. The summed E-state index contributed by atoms with van der Waals surface area (Å²) in [6, 6.07) is 30.3. The molecule has 5 aromatic rings. The molecule has 2 aliphatic carbocycles. The number of allylic oxidation sites excluding steroid dienone is 5. The van der Waals surface area contributed by atoms with Gasteiger partial charge in [-0.3, -0.25) is 9.59 Å². The molecular formula is C45H44N2O2S. The fraction of sp³-hybridized carbons (Fsp3) is 0.178. The Bertz CT molecular complexity index is 2120. The molecule has 0 aliphatic heterocycles. The Morgan fingerprint density at radius 3 is 2.04 bits per heavy atom. The molecule has 5 heteroatoms. The topological polar surface area (TPSA) is 72.5 Å². The molecule has 2 aliphatic rings. The van der Waals surface area contributed by atoms with E-state index in [4.69, 9.17) is 5.84 Å². The minimum Gasteiger partial charge on any atom is -0.323 e. The number of Topliss-reactive ketones (excluding diaryl/α,β-unsaturated/α-hetero) is 2. The first-order valence-electron chi connectivity index (χ1n) is 17.2. The molecule has 252 valence electrons. The molecule has 7 rings (SSSR count). The molecule has 0 amide bonds. The van der Waals surface area contributed by atoms with Gasteiger partial charge in [-0.1, -0.05) is 151 Å². The van der Waals surface area contributed by atoms with Crippen molar-refractivity contribution in [1.82, 2.24) is 0 Å². The summed E-state index contributed by atoms with van der Waals surface area (Å²) >= 11 is 1.65. The van der Waals surface area contributed by atoms with Crippen LogP contribution in [0.3, 0.4) is 0 Å². The fourth-order valence-electron chi connectivity index (χ4n) is 6.41. The van der Waals surface area contributed by atoms with Gasteiger partial charge in [0.1, 0.15) is 0 Å². The van der Waals surface area contributed by atoms with Crippen LogP contribution < -0.4 is 5.84 Å². The number of hydrogen-bond donors (Lipinski definition) is 1. The summed E-state index contributed by atoms with van der Waals surface area (Å²) in [6.07, 6.45) is 13.5. The Morgan fingerprint density at radius 1 is 0.800 bits per heavy atom. The summed E-state index contributed by atoms with van der Waals surface area (Å²) in [5.41, 5.74) is 8.12. The summed E-state index contributed by atoms with van der Waals surface area (Å²) in [5, 5.41) is 5.71. The van der Waals surface area contributed by atoms with Gasteiger partial charge in [-0.2, -0.15) is 5.10 Å². The van der Waals surface area contributed by atoms with Crippen molar-refractivity contribution in [3.8, 4) is 10.4 Å². The van der Waals surface area contributed by atoms with Crippen molar-refractivity contribution in [2.24, 2.45) is 10.9 Å². The normalized spacial score (nSPS) is 14.2. The molecule has 50 heavy (non-hydrogen) atoms. The van der Waals surface area contributed by atoms with Crippen LogP contribution in [0.5, 0.6) is 0 Å². The van der Waals surface area contributed by atoms with Gasteiger partial charge in [-0.15, -0.1) is 11.3 Å². The summed E-state index contributed by atoms with van der Waals surface area (Å²) in [4.78, 5) is 28.6. The Hall–Kier alpha value is -5.39. The van der Waals surface area contributed by atoms with E-state index < -0.39 is 0 Å². The van der Waals surface area contributed by atoms with Crippen LogP contribution in [-0.2, 0) is 5.41 Å². The number of hydrogen-bond acceptors (Lipinski definition) is 5. The minimum absolute atomic E-state index is 0.164. The zero-order valence-corrected chi connectivity index (χ0v) is 30.3. The van der Waals surface area contributed by atoms with E-state index in [2.05, 4.69) is 62.8 Å². The maximum atomic E-state index is 13.2. The van der Waals surface area contributed by atoms with Gasteiger partial charge in [-0.05, 0) is 69.3 Å². The number of benzene rings is 4. The van der Waals surface area contributed by atoms with Crippen LogP contribution in [0.25, 0.3) is 33.4 Å². The summed E-state index contributed by atoms with van der Waals surface area (Å²) < 4.78 is 0. The molecule has 4 nitrogen and oxygen atoms in total. The molecule has 1 aromatic heterocycles. The molecule has 0 fully saturated rings. The van der Waals surface area contributed by atoms with Crippen LogP contribution in [0.2, 0.25) is 0 Å². The van der Waals surface area contributed by atoms with E-state index >= 15 is 0 Å². The third-order valence-corrected chi connectivity index (χ3v) is 10.0. The highest BCUT2D eigenvalue weighted by molar-refractivity contribution is 7.16. The van der Waals surface area contributed by atoms with Crippen molar-refractivity contribution in [3.05, 3.63) is 166 Å². The summed E-state index contributed by atoms with van der Waals surface area (Å²) in [5.74, 6) is 4.91. The average Bonchev–Trinajstić information content (AvgIpc) is 3.74. The number of fused-ring (bicyclic) bond motifs is 5. The number of carbonyl (C=O) groups is 2. The largest absolute Gasteiger partial charge is 0.323 e. The third-order valence-electron chi connectivity index (χ3n) is 8.93. The maximum absolute atomic E-state index is 13.2. The first-order valence-corrected chi connectivity index (χ1v) is 18.0. The molecule has 0 atom stereocenters. The van der Waals surface area contributed by atoms with Crippen molar-refractivity contribution >= 4 is 51.5 Å². The lowest BCUT2D eigenvalue weighted by Gasteiger charge is -2.21. The van der Waals surface area contributed by atoms with E-state index in [0.29, 0.717) is 11.1 Å². The fourth-order valence-corrected chi connectivity index (χ4v) is 7.72. The minimum atomic E-state index is -0.184. The predicted octanol–water partition coefficient (Wildman–Crippen LogP) is 11.6. The molecule has 4 aromatic carbocycles. The number of ketones is 2. The van der Waals surface area contributed by atoms with Crippen LogP contribution in [-0.4, -0.2) is 17.3 Å². The van der Waals surface area contributed by atoms with Crippen molar-refractivity contribution in [3.63, 3.8) is 0 Å². The second-order valence-electron chi connectivity index (χ2n) is 12.5.